The average Bonchev–Trinajstić information content (AvgIpc) is 2.70. The second kappa shape index (κ2) is 5.67. The van der Waals surface area contributed by atoms with Gasteiger partial charge >= 0.3 is 8.60 Å². The molecule has 0 aliphatic carbocycles. The molecule has 0 aliphatic rings. The lowest BCUT2D eigenvalue weighted by atomic mass is 10.1. The fourth-order valence-electron chi connectivity index (χ4n) is 1.92. The van der Waals surface area contributed by atoms with Gasteiger partial charge in [-0.15, -0.1) is 0 Å². The zero-order chi connectivity index (χ0) is 13.1. The number of fused-ring (bicyclic) bond motifs is 1. The number of nitrogens with one attached hydrogen (secondary N) is 1. The third kappa shape index (κ3) is 3.00. The van der Waals surface area contributed by atoms with Gasteiger partial charge in [0.2, 0.25) is 0 Å². The minimum Gasteiger partial charge on any atom is -0.426 e. The fourth-order valence-corrected chi connectivity index (χ4v) is 2.25. The molecular weight excluding hydrogens is 251 g/mol. The number of rotatable bonds is 5. The summed E-state index contributed by atoms with van der Waals surface area (Å²) in [5.74, 6) is 0.513. The number of aromatic amines is 1. The Morgan fingerprint density at radius 2 is 2.11 bits per heavy atom. The van der Waals surface area contributed by atoms with Gasteiger partial charge in [-0.05, 0) is 38.2 Å². The highest BCUT2D eigenvalue weighted by Gasteiger charge is 2.12. The van der Waals surface area contributed by atoms with Crippen LogP contribution in [0.3, 0.4) is 0 Å². The van der Waals surface area contributed by atoms with E-state index in [2.05, 4.69) is 9.88 Å². The van der Waals surface area contributed by atoms with E-state index in [0.29, 0.717) is 5.75 Å². The maximum Gasteiger partial charge on any atom is 0.391 e. The van der Waals surface area contributed by atoms with Crippen LogP contribution in [0.15, 0.2) is 24.4 Å². The van der Waals surface area contributed by atoms with Crippen LogP contribution >= 0.6 is 8.60 Å². The first kappa shape index (κ1) is 13.3. The number of hydrogen-bond acceptors (Lipinski definition) is 4. The molecule has 2 aromatic rings. The van der Waals surface area contributed by atoms with Crippen molar-refractivity contribution in [1.82, 2.24) is 9.88 Å². The third-order valence-electron chi connectivity index (χ3n) is 2.76. The Bertz CT molecular complexity index is 525. The molecule has 0 atom stereocenters. The van der Waals surface area contributed by atoms with E-state index in [-0.39, 0.29) is 0 Å². The van der Waals surface area contributed by atoms with Gasteiger partial charge in [0.15, 0.2) is 0 Å². The van der Waals surface area contributed by atoms with E-state index in [1.54, 1.807) is 6.07 Å². The first-order valence-corrected chi connectivity index (χ1v) is 6.84. The smallest absolute Gasteiger partial charge is 0.391 e. The predicted molar refractivity (Wildman–Crippen MR) is 72.5 cm³/mol. The maximum atomic E-state index is 8.99. The van der Waals surface area contributed by atoms with Crippen molar-refractivity contribution in [3.63, 3.8) is 0 Å². The Morgan fingerprint density at radius 3 is 2.78 bits per heavy atom. The zero-order valence-electron chi connectivity index (χ0n) is 10.4. The summed E-state index contributed by atoms with van der Waals surface area (Å²) in [6, 6.07) is 5.51. The topological polar surface area (TPSA) is 68.7 Å². The molecule has 18 heavy (non-hydrogen) atoms. The number of aromatic nitrogens is 1. The van der Waals surface area contributed by atoms with Gasteiger partial charge in [-0.3, -0.25) is 0 Å². The van der Waals surface area contributed by atoms with Crippen molar-refractivity contribution < 1.29 is 14.3 Å². The van der Waals surface area contributed by atoms with Crippen molar-refractivity contribution in [2.45, 2.75) is 6.42 Å². The van der Waals surface area contributed by atoms with Crippen LogP contribution in [-0.2, 0) is 6.42 Å². The van der Waals surface area contributed by atoms with Crippen molar-refractivity contribution >= 4 is 19.5 Å². The molecule has 6 heteroatoms. The van der Waals surface area contributed by atoms with Crippen molar-refractivity contribution in [3.05, 3.63) is 30.0 Å². The average molecular weight is 268 g/mol. The molecule has 2 rings (SSSR count). The van der Waals surface area contributed by atoms with Crippen LogP contribution in [0.1, 0.15) is 5.56 Å². The van der Waals surface area contributed by atoms with Crippen LogP contribution in [-0.4, -0.2) is 40.3 Å². The maximum absolute atomic E-state index is 8.99. The van der Waals surface area contributed by atoms with E-state index in [4.69, 9.17) is 14.3 Å². The summed E-state index contributed by atoms with van der Waals surface area (Å²) in [5, 5.41) is 0.926. The molecule has 0 aliphatic heterocycles. The van der Waals surface area contributed by atoms with Crippen molar-refractivity contribution in [2.24, 2.45) is 0 Å². The number of benzene rings is 1. The van der Waals surface area contributed by atoms with Gasteiger partial charge in [-0.25, -0.2) is 0 Å². The Morgan fingerprint density at radius 1 is 1.33 bits per heavy atom. The fraction of sp³-hybridized carbons (Fsp3) is 0.333. The molecule has 5 nitrogen and oxygen atoms in total. The van der Waals surface area contributed by atoms with E-state index in [1.165, 1.54) is 0 Å². The molecule has 0 unspecified atom stereocenters. The molecule has 3 N–H and O–H groups in total. The molecule has 1 aromatic heterocycles. The lowest BCUT2D eigenvalue weighted by molar-refractivity contribution is 0.376. The minimum atomic E-state index is -2.39. The normalized spacial score (nSPS) is 11.7. The summed E-state index contributed by atoms with van der Waals surface area (Å²) in [7, 11) is 1.65. The minimum absolute atomic E-state index is 0.513. The molecule has 0 spiro atoms. The summed E-state index contributed by atoms with van der Waals surface area (Å²) in [6.07, 6.45) is 2.82. The Hall–Kier alpha value is -1.13. The number of H-pyrrole nitrogens is 1. The molecule has 0 radical (unpaired) electrons. The Kier molecular flexibility index (Phi) is 4.19. The third-order valence-corrected chi connectivity index (χ3v) is 3.12. The molecule has 1 aromatic carbocycles. The molecule has 98 valence electrons. The van der Waals surface area contributed by atoms with Crippen LogP contribution < -0.4 is 4.52 Å². The van der Waals surface area contributed by atoms with Gasteiger partial charge in [0.05, 0.1) is 0 Å². The van der Waals surface area contributed by atoms with Gasteiger partial charge in [0.1, 0.15) is 5.75 Å². The van der Waals surface area contributed by atoms with Gasteiger partial charge in [-0.2, -0.15) is 0 Å². The highest BCUT2D eigenvalue weighted by atomic mass is 31.2. The van der Waals surface area contributed by atoms with Crippen LogP contribution in [0, 0.1) is 0 Å². The molecule has 0 fully saturated rings. The van der Waals surface area contributed by atoms with E-state index in [1.807, 2.05) is 32.4 Å². The highest BCUT2D eigenvalue weighted by molar-refractivity contribution is 7.39. The van der Waals surface area contributed by atoms with Gasteiger partial charge in [0.25, 0.3) is 0 Å². The first-order chi connectivity index (χ1) is 8.58. The summed E-state index contributed by atoms with van der Waals surface area (Å²) < 4.78 is 5.08. The molecular formula is C12H17N2O3P. The molecule has 1 heterocycles. The highest BCUT2D eigenvalue weighted by Crippen LogP contribution is 2.36. The van der Waals surface area contributed by atoms with E-state index in [0.717, 1.165) is 29.4 Å². The summed E-state index contributed by atoms with van der Waals surface area (Å²) >= 11 is 0. The summed E-state index contributed by atoms with van der Waals surface area (Å²) in [4.78, 5) is 23.3. The molecule has 0 amide bonds. The van der Waals surface area contributed by atoms with Crippen LogP contribution in [0.5, 0.6) is 5.75 Å². The standard InChI is InChI=1S/C12H17N2O3P/c1-14(2)7-6-9-8-13-10-4-3-5-11(12(9)10)17-18(15)16/h3-5,8,13,15-16H,6-7H2,1-2H3. The van der Waals surface area contributed by atoms with E-state index in [9.17, 15) is 0 Å². The van der Waals surface area contributed by atoms with Crippen molar-refractivity contribution in [1.29, 1.82) is 0 Å². The van der Waals surface area contributed by atoms with Gasteiger partial charge in [0, 0.05) is 23.6 Å². The molecule has 0 bridgehead atoms. The number of hydrogen-bond donors (Lipinski definition) is 3. The largest absolute Gasteiger partial charge is 0.426 e. The molecule has 0 saturated heterocycles. The van der Waals surface area contributed by atoms with Crippen LogP contribution in [0.4, 0.5) is 0 Å². The van der Waals surface area contributed by atoms with E-state index >= 15 is 0 Å². The van der Waals surface area contributed by atoms with Crippen molar-refractivity contribution in [3.8, 4) is 5.75 Å². The summed E-state index contributed by atoms with van der Waals surface area (Å²) in [5.41, 5.74) is 2.06. The quantitative estimate of drug-likeness (QED) is 0.724. The van der Waals surface area contributed by atoms with Crippen LogP contribution in [0.25, 0.3) is 10.9 Å². The predicted octanol–water partition coefficient (Wildman–Crippen LogP) is 1.86. The van der Waals surface area contributed by atoms with Gasteiger partial charge < -0.3 is 24.2 Å². The first-order valence-electron chi connectivity index (χ1n) is 5.67. The lowest BCUT2D eigenvalue weighted by Gasteiger charge is -2.10. The number of likely N-dealkylation sites (N-methyl/N-ethyl adjacent to an activating group) is 1. The van der Waals surface area contributed by atoms with Crippen LogP contribution in [0.2, 0.25) is 0 Å². The summed E-state index contributed by atoms with van der Waals surface area (Å²) in [6.45, 7) is 0.925. The number of nitrogens with zero attached hydrogens (tertiary/aromatic N) is 1. The Balaban J connectivity index is 2.35. The molecule has 0 saturated carbocycles. The van der Waals surface area contributed by atoms with Crippen molar-refractivity contribution in [2.75, 3.05) is 20.6 Å². The van der Waals surface area contributed by atoms with Gasteiger partial charge in [-0.1, -0.05) is 6.07 Å². The monoisotopic (exact) mass is 268 g/mol. The zero-order valence-corrected chi connectivity index (χ0v) is 11.3. The Labute approximate surface area is 107 Å². The lowest BCUT2D eigenvalue weighted by Crippen LogP contribution is -2.14. The second-order valence-electron chi connectivity index (χ2n) is 4.39. The van der Waals surface area contributed by atoms with E-state index < -0.39 is 8.60 Å². The second-order valence-corrected chi connectivity index (χ2v) is 5.08. The SMILES string of the molecule is CN(C)CCc1c[nH]c2cccc(OP(O)O)c12.